The van der Waals surface area contributed by atoms with Crippen LogP contribution in [-0.2, 0) is 22.5 Å². The highest BCUT2D eigenvalue weighted by Gasteiger charge is 2.16. The van der Waals surface area contributed by atoms with Gasteiger partial charge in [0.05, 0.1) is 46.0 Å². The first-order valence-electron chi connectivity index (χ1n) is 13.8. The number of halogens is 2. The van der Waals surface area contributed by atoms with Gasteiger partial charge in [0, 0.05) is 38.2 Å². The van der Waals surface area contributed by atoms with Crippen molar-refractivity contribution in [3.8, 4) is 22.1 Å². The van der Waals surface area contributed by atoms with Crippen molar-refractivity contribution in [2.24, 2.45) is 0 Å². The van der Waals surface area contributed by atoms with Crippen LogP contribution in [0.4, 0.5) is 19.3 Å². The van der Waals surface area contributed by atoms with Crippen LogP contribution in [-0.4, -0.2) is 57.3 Å². The van der Waals surface area contributed by atoms with Gasteiger partial charge < -0.3 is 30.1 Å². The Morgan fingerprint density at radius 2 is 1.80 bits per heavy atom. The molecule has 236 valence electrons. The fourth-order valence-electron chi connectivity index (χ4n) is 4.35. The molecule has 2 amide bonds. The Morgan fingerprint density at radius 1 is 1.02 bits per heavy atom. The van der Waals surface area contributed by atoms with Gasteiger partial charge in [-0.1, -0.05) is 18.2 Å². The maximum atomic E-state index is 15.0. The molecule has 0 radical (unpaired) electrons. The summed E-state index contributed by atoms with van der Waals surface area (Å²) in [4.78, 5) is 34.8. The molecule has 3 heterocycles. The number of thiophene rings is 1. The number of thiocarbonyl (C=S) groups is 1. The van der Waals surface area contributed by atoms with Crippen LogP contribution in [0.2, 0.25) is 0 Å². The Balaban J connectivity index is 1.23. The van der Waals surface area contributed by atoms with Crippen LogP contribution in [0, 0.1) is 11.6 Å². The van der Waals surface area contributed by atoms with Crippen LogP contribution < -0.4 is 15.4 Å². The minimum atomic E-state index is -1.04. The number of carboxylic acid groups (broad SMARTS) is 1. The fraction of sp³-hybridized carbons (Fsp3) is 0.156. The molecule has 0 atom stereocenters. The van der Waals surface area contributed by atoms with Crippen LogP contribution in [0.25, 0.3) is 20.8 Å². The second kappa shape index (κ2) is 14.8. The van der Waals surface area contributed by atoms with Crippen molar-refractivity contribution >= 4 is 56.6 Å². The Hall–Kier alpha value is -5.05. The third kappa shape index (κ3) is 8.35. The summed E-state index contributed by atoms with van der Waals surface area (Å²) in [6, 6.07) is 16.9. The Morgan fingerprint density at radius 3 is 2.50 bits per heavy atom. The van der Waals surface area contributed by atoms with Crippen LogP contribution in [0.15, 0.2) is 79.1 Å². The highest BCUT2D eigenvalue weighted by molar-refractivity contribution is 7.80. The first-order chi connectivity index (χ1) is 22.2. The highest BCUT2D eigenvalue weighted by atomic mass is 32.1. The van der Waals surface area contributed by atoms with E-state index in [9.17, 15) is 23.5 Å². The van der Waals surface area contributed by atoms with Gasteiger partial charge in [0.2, 0.25) is 5.91 Å². The number of ether oxygens (including phenoxy) is 2. The first kappa shape index (κ1) is 32.3. The molecular weight excluding hydrogens is 637 g/mol. The summed E-state index contributed by atoms with van der Waals surface area (Å²) in [6.45, 7) is 0.716. The largest absolute Gasteiger partial charge is 0.465 e. The van der Waals surface area contributed by atoms with Crippen molar-refractivity contribution in [3.63, 3.8) is 0 Å². The number of benzene rings is 2. The lowest BCUT2D eigenvalue weighted by Crippen LogP contribution is -2.35. The van der Waals surface area contributed by atoms with Gasteiger partial charge in [-0.05, 0) is 59.7 Å². The van der Waals surface area contributed by atoms with E-state index in [2.05, 4.69) is 20.6 Å². The number of nitrogens with one attached hydrogen (secondary N) is 2. The molecule has 3 N–H and O–H groups in total. The average Bonchev–Trinajstić information content (AvgIpc) is 3.47. The summed E-state index contributed by atoms with van der Waals surface area (Å²) in [5.41, 5.74) is 2.72. The zero-order valence-corrected chi connectivity index (χ0v) is 26.0. The molecule has 3 aromatic heterocycles. The van der Waals surface area contributed by atoms with Gasteiger partial charge in [0.15, 0.2) is 5.11 Å². The number of carbonyl (C=O) groups excluding carboxylic acids is 1. The Labute approximate surface area is 271 Å². The SMILES string of the molecule is COCCN(Cc1ccc(-c2cc3nccc(Oc4ccc(NC(=S)NC(=O)Cc5ccc(F)cc5)c(F)c4)c3s2)nc1)C(=O)O. The lowest BCUT2D eigenvalue weighted by atomic mass is 10.1. The molecule has 0 saturated heterocycles. The summed E-state index contributed by atoms with van der Waals surface area (Å²) in [5.74, 6) is -0.791. The fourth-order valence-corrected chi connectivity index (χ4v) is 5.62. The number of carbonyl (C=O) groups is 2. The van der Waals surface area contributed by atoms with Crippen molar-refractivity contribution in [2.75, 3.05) is 25.6 Å². The van der Waals surface area contributed by atoms with Crippen molar-refractivity contribution in [1.29, 1.82) is 0 Å². The molecule has 0 unspecified atom stereocenters. The third-order valence-corrected chi connectivity index (χ3v) is 7.98. The minimum absolute atomic E-state index is 0.0234. The molecular formula is C32H27F2N5O5S2. The van der Waals surface area contributed by atoms with Crippen LogP contribution >= 0.6 is 23.6 Å². The molecule has 14 heteroatoms. The molecule has 5 rings (SSSR count). The van der Waals surface area contributed by atoms with E-state index in [1.165, 1.54) is 59.7 Å². The predicted molar refractivity (Wildman–Crippen MR) is 174 cm³/mol. The molecule has 0 bridgehead atoms. The normalized spacial score (nSPS) is 10.8. The van der Waals surface area contributed by atoms with Gasteiger partial charge in [0.25, 0.3) is 0 Å². The standard InChI is InChI=1S/C32H27F2N5O5S2/c1-43-13-12-39(32(41)42)18-20-4-8-25(36-17-20)28-16-26-30(46-28)27(10-11-35-26)44-22-7-9-24(23(34)15-22)37-31(45)38-29(40)14-19-2-5-21(33)6-3-19/h2-11,15-17H,12-14,18H2,1H3,(H,41,42)(H2,37,38,40,45). The molecule has 0 fully saturated rings. The van der Waals surface area contributed by atoms with E-state index in [4.69, 9.17) is 21.7 Å². The molecule has 0 aliphatic rings. The first-order valence-corrected chi connectivity index (χ1v) is 15.0. The quantitative estimate of drug-likeness (QED) is 0.134. The summed E-state index contributed by atoms with van der Waals surface area (Å²) >= 11 is 6.55. The molecule has 46 heavy (non-hydrogen) atoms. The zero-order valence-electron chi connectivity index (χ0n) is 24.3. The number of amides is 2. The monoisotopic (exact) mass is 663 g/mol. The average molecular weight is 664 g/mol. The summed E-state index contributed by atoms with van der Waals surface area (Å²) in [5, 5.41) is 14.5. The van der Waals surface area contributed by atoms with Crippen LogP contribution in [0.5, 0.6) is 11.5 Å². The van der Waals surface area contributed by atoms with E-state index in [0.29, 0.717) is 29.1 Å². The number of anilines is 1. The number of methoxy groups -OCH3 is 1. The van der Waals surface area contributed by atoms with E-state index in [1.54, 1.807) is 24.5 Å². The highest BCUT2D eigenvalue weighted by Crippen LogP contribution is 2.39. The van der Waals surface area contributed by atoms with Crippen molar-refractivity contribution in [1.82, 2.24) is 20.2 Å². The predicted octanol–water partition coefficient (Wildman–Crippen LogP) is 6.61. The molecule has 5 aromatic rings. The number of rotatable bonds is 11. The van der Waals surface area contributed by atoms with Crippen LogP contribution in [0.3, 0.4) is 0 Å². The summed E-state index contributed by atoms with van der Waals surface area (Å²) in [7, 11) is 1.52. The zero-order chi connectivity index (χ0) is 32.6. The lowest BCUT2D eigenvalue weighted by Gasteiger charge is -2.18. The van der Waals surface area contributed by atoms with Crippen molar-refractivity contribution in [2.45, 2.75) is 13.0 Å². The topological polar surface area (TPSA) is 126 Å². The summed E-state index contributed by atoms with van der Waals surface area (Å²) in [6.07, 6.45) is 2.16. The number of nitrogens with zero attached hydrogens (tertiary/aromatic N) is 3. The molecule has 0 aliphatic heterocycles. The van der Waals surface area contributed by atoms with E-state index >= 15 is 0 Å². The van der Waals surface area contributed by atoms with Crippen molar-refractivity contribution < 1.29 is 33.0 Å². The van der Waals surface area contributed by atoms with E-state index in [0.717, 1.165) is 15.1 Å². The second-order valence-corrected chi connectivity index (χ2v) is 11.4. The van der Waals surface area contributed by atoms with Gasteiger partial charge in [0.1, 0.15) is 23.1 Å². The number of fused-ring (bicyclic) bond motifs is 1. The van der Waals surface area contributed by atoms with Gasteiger partial charge in [-0.2, -0.15) is 0 Å². The molecule has 10 nitrogen and oxygen atoms in total. The molecule has 0 aliphatic carbocycles. The Kier molecular flexibility index (Phi) is 10.4. The van der Waals surface area contributed by atoms with Crippen LogP contribution in [0.1, 0.15) is 11.1 Å². The number of hydrogen-bond acceptors (Lipinski definition) is 8. The molecule has 2 aromatic carbocycles. The second-order valence-electron chi connectivity index (χ2n) is 9.93. The van der Waals surface area contributed by atoms with E-state index in [1.807, 2.05) is 18.2 Å². The number of aromatic nitrogens is 2. The van der Waals surface area contributed by atoms with E-state index < -0.39 is 23.6 Å². The smallest absolute Gasteiger partial charge is 0.407 e. The maximum absolute atomic E-state index is 15.0. The minimum Gasteiger partial charge on any atom is -0.465 e. The number of hydrogen-bond donors (Lipinski definition) is 3. The lowest BCUT2D eigenvalue weighted by molar-refractivity contribution is -0.119. The maximum Gasteiger partial charge on any atom is 0.407 e. The number of pyridine rings is 2. The van der Waals surface area contributed by atoms with Gasteiger partial charge in [-0.3, -0.25) is 14.8 Å². The van der Waals surface area contributed by atoms with Gasteiger partial charge >= 0.3 is 6.09 Å². The van der Waals surface area contributed by atoms with Gasteiger partial charge in [-0.15, -0.1) is 11.3 Å². The Bertz CT molecular complexity index is 1870. The van der Waals surface area contributed by atoms with E-state index in [-0.39, 0.29) is 36.1 Å². The molecule has 0 spiro atoms. The van der Waals surface area contributed by atoms with Crippen molar-refractivity contribution in [3.05, 3.63) is 102 Å². The summed E-state index contributed by atoms with van der Waals surface area (Å²) < 4.78 is 39.8. The van der Waals surface area contributed by atoms with Gasteiger partial charge in [-0.25, -0.2) is 13.6 Å². The molecule has 0 saturated carbocycles. The third-order valence-electron chi connectivity index (χ3n) is 6.61.